The summed E-state index contributed by atoms with van der Waals surface area (Å²) in [5.41, 5.74) is 9.34. The molecule has 106 valence electrons. The summed E-state index contributed by atoms with van der Waals surface area (Å²) < 4.78 is 27.1. The van der Waals surface area contributed by atoms with Crippen LogP contribution in [0.25, 0.3) is 0 Å². The Kier molecular flexibility index (Phi) is 3.27. The van der Waals surface area contributed by atoms with Crippen molar-refractivity contribution in [2.45, 2.75) is 30.7 Å². The molecule has 2 aromatic rings. The number of anilines is 1. The Morgan fingerprint density at radius 1 is 1.20 bits per heavy atom. The predicted molar refractivity (Wildman–Crippen MR) is 78.0 cm³/mol. The van der Waals surface area contributed by atoms with Crippen LogP contribution in [0.1, 0.15) is 23.2 Å². The number of nitrogens with one attached hydrogen (secondary N) is 2. The van der Waals surface area contributed by atoms with Crippen LogP contribution >= 0.6 is 0 Å². The Labute approximate surface area is 118 Å². The lowest BCUT2D eigenvalue weighted by Crippen LogP contribution is -2.12. The molecule has 0 fully saturated rings. The van der Waals surface area contributed by atoms with Gasteiger partial charge in [-0.25, -0.2) is 8.42 Å². The molecule has 1 aromatic carbocycles. The van der Waals surface area contributed by atoms with Crippen molar-refractivity contribution in [2.75, 3.05) is 4.72 Å². The van der Waals surface area contributed by atoms with Crippen LogP contribution in [0.2, 0.25) is 0 Å². The van der Waals surface area contributed by atoms with Crippen molar-refractivity contribution in [3.8, 4) is 0 Å². The third kappa shape index (κ3) is 2.44. The Morgan fingerprint density at radius 3 is 2.75 bits per heavy atom. The molecular formula is C14H17N3O2S. The Bertz CT molecular complexity index is 735. The van der Waals surface area contributed by atoms with Crippen molar-refractivity contribution in [3.63, 3.8) is 0 Å². The SMILES string of the molecule is NCc1cc(S(=O)(=O)Nc2ccc3c(c2)CCC3)c[nH]1. The number of aromatic nitrogens is 1. The highest BCUT2D eigenvalue weighted by Crippen LogP contribution is 2.26. The lowest BCUT2D eigenvalue weighted by molar-refractivity contribution is 0.601. The highest BCUT2D eigenvalue weighted by Gasteiger charge is 2.17. The van der Waals surface area contributed by atoms with Crippen LogP contribution in [0.4, 0.5) is 5.69 Å². The normalized spacial score (nSPS) is 14.2. The van der Waals surface area contributed by atoms with E-state index in [1.165, 1.54) is 17.3 Å². The molecule has 1 heterocycles. The van der Waals surface area contributed by atoms with Gasteiger partial charge in [0.2, 0.25) is 0 Å². The van der Waals surface area contributed by atoms with E-state index in [0.29, 0.717) is 11.4 Å². The second-order valence-electron chi connectivity index (χ2n) is 5.01. The molecule has 1 aliphatic rings. The molecule has 0 saturated carbocycles. The van der Waals surface area contributed by atoms with Crippen LogP contribution in [0.15, 0.2) is 35.4 Å². The molecule has 6 heteroatoms. The van der Waals surface area contributed by atoms with E-state index in [4.69, 9.17) is 5.73 Å². The smallest absolute Gasteiger partial charge is 0.263 e. The van der Waals surface area contributed by atoms with Crippen molar-refractivity contribution in [1.82, 2.24) is 4.98 Å². The zero-order valence-corrected chi connectivity index (χ0v) is 11.8. The summed E-state index contributed by atoms with van der Waals surface area (Å²) in [5, 5.41) is 0. The van der Waals surface area contributed by atoms with Crippen molar-refractivity contribution < 1.29 is 8.42 Å². The molecule has 3 rings (SSSR count). The minimum absolute atomic E-state index is 0.207. The average Bonchev–Trinajstić information content (AvgIpc) is 3.06. The highest BCUT2D eigenvalue weighted by molar-refractivity contribution is 7.92. The summed E-state index contributed by atoms with van der Waals surface area (Å²) in [6.45, 7) is 0.286. The van der Waals surface area contributed by atoms with Crippen LogP contribution < -0.4 is 10.5 Å². The van der Waals surface area contributed by atoms with Crippen molar-refractivity contribution in [2.24, 2.45) is 5.73 Å². The number of H-pyrrole nitrogens is 1. The van der Waals surface area contributed by atoms with Gasteiger partial charge in [-0.15, -0.1) is 0 Å². The predicted octanol–water partition coefficient (Wildman–Crippen LogP) is 1.76. The first-order valence-corrected chi connectivity index (χ1v) is 8.09. The highest BCUT2D eigenvalue weighted by atomic mass is 32.2. The van der Waals surface area contributed by atoms with Crippen LogP contribution in [0.3, 0.4) is 0 Å². The fourth-order valence-electron chi connectivity index (χ4n) is 2.54. The van der Waals surface area contributed by atoms with Gasteiger partial charge in [0.15, 0.2) is 0 Å². The number of hydrogen-bond donors (Lipinski definition) is 3. The topological polar surface area (TPSA) is 88.0 Å². The molecule has 0 amide bonds. The molecule has 4 N–H and O–H groups in total. The minimum Gasteiger partial charge on any atom is -0.363 e. The quantitative estimate of drug-likeness (QED) is 0.802. The van der Waals surface area contributed by atoms with Gasteiger partial charge in [-0.2, -0.15) is 0 Å². The molecule has 0 bridgehead atoms. The zero-order chi connectivity index (χ0) is 14.2. The monoisotopic (exact) mass is 291 g/mol. The molecule has 0 unspecified atom stereocenters. The molecule has 20 heavy (non-hydrogen) atoms. The van der Waals surface area contributed by atoms with Gasteiger partial charge in [0.25, 0.3) is 10.0 Å². The summed E-state index contributed by atoms with van der Waals surface area (Å²) >= 11 is 0. The van der Waals surface area contributed by atoms with E-state index in [-0.39, 0.29) is 11.4 Å². The van der Waals surface area contributed by atoms with E-state index >= 15 is 0 Å². The minimum atomic E-state index is -3.56. The number of fused-ring (bicyclic) bond motifs is 1. The summed E-state index contributed by atoms with van der Waals surface area (Å²) in [7, 11) is -3.56. The third-order valence-electron chi connectivity index (χ3n) is 3.60. The van der Waals surface area contributed by atoms with Gasteiger partial charge >= 0.3 is 0 Å². The van der Waals surface area contributed by atoms with E-state index in [0.717, 1.165) is 19.3 Å². The van der Waals surface area contributed by atoms with Gasteiger partial charge < -0.3 is 10.7 Å². The number of rotatable bonds is 4. The number of aromatic amines is 1. The maximum atomic E-state index is 12.3. The van der Waals surface area contributed by atoms with Gasteiger partial charge in [-0.05, 0) is 48.6 Å². The molecule has 0 spiro atoms. The summed E-state index contributed by atoms with van der Waals surface area (Å²) in [4.78, 5) is 3.05. The van der Waals surface area contributed by atoms with E-state index < -0.39 is 10.0 Å². The van der Waals surface area contributed by atoms with E-state index in [1.54, 1.807) is 6.07 Å². The molecule has 0 aliphatic heterocycles. The van der Waals surface area contributed by atoms with Crippen LogP contribution in [0, 0.1) is 0 Å². The first-order valence-electron chi connectivity index (χ1n) is 6.60. The molecule has 5 nitrogen and oxygen atoms in total. The second kappa shape index (κ2) is 4.96. The number of aryl methyl sites for hydroxylation is 2. The Morgan fingerprint density at radius 2 is 2.00 bits per heavy atom. The van der Waals surface area contributed by atoms with Gasteiger partial charge in [0.05, 0.1) is 0 Å². The number of sulfonamides is 1. The fourth-order valence-corrected chi connectivity index (χ4v) is 3.61. The van der Waals surface area contributed by atoms with E-state index in [2.05, 4.69) is 9.71 Å². The lowest BCUT2D eigenvalue weighted by Gasteiger charge is -2.08. The summed E-state index contributed by atoms with van der Waals surface area (Å²) in [5.74, 6) is 0. The molecule has 1 aliphatic carbocycles. The van der Waals surface area contributed by atoms with E-state index in [1.807, 2.05) is 18.2 Å². The maximum absolute atomic E-state index is 12.3. The average molecular weight is 291 g/mol. The van der Waals surface area contributed by atoms with Crippen molar-refractivity contribution in [3.05, 3.63) is 47.3 Å². The lowest BCUT2D eigenvalue weighted by atomic mass is 10.1. The number of hydrogen-bond acceptors (Lipinski definition) is 3. The molecular weight excluding hydrogens is 274 g/mol. The Balaban J connectivity index is 1.86. The van der Waals surface area contributed by atoms with Gasteiger partial charge in [0.1, 0.15) is 4.90 Å². The maximum Gasteiger partial charge on any atom is 0.263 e. The van der Waals surface area contributed by atoms with Crippen molar-refractivity contribution in [1.29, 1.82) is 0 Å². The van der Waals surface area contributed by atoms with Crippen LogP contribution in [-0.4, -0.2) is 13.4 Å². The van der Waals surface area contributed by atoms with Gasteiger partial charge in [-0.3, -0.25) is 4.72 Å². The molecule has 0 saturated heterocycles. The van der Waals surface area contributed by atoms with E-state index in [9.17, 15) is 8.42 Å². The Hall–Kier alpha value is -1.79. The fraction of sp³-hybridized carbons (Fsp3) is 0.286. The van der Waals surface area contributed by atoms with Crippen LogP contribution in [0.5, 0.6) is 0 Å². The van der Waals surface area contributed by atoms with Crippen LogP contribution in [-0.2, 0) is 29.4 Å². The third-order valence-corrected chi connectivity index (χ3v) is 4.96. The zero-order valence-electron chi connectivity index (χ0n) is 11.0. The first-order chi connectivity index (χ1) is 9.58. The number of benzene rings is 1. The summed E-state index contributed by atoms with van der Waals surface area (Å²) in [6, 6.07) is 7.30. The first kappa shape index (κ1) is 13.2. The second-order valence-corrected chi connectivity index (χ2v) is 6.69. The number of nitrogens with two attached hydrogens (primary N) is 1. The van der Waals surface area contributed by atoms with Gasteiger partial charge in [-0.1, -0.05) is 6.07 Å². The molecule has 0 atom stereocenters. The largest absolute Gasteiger partial charge is 0.363 e. The summed E-state index contributed by atoms with van der Waals surface area (Å²) in [6.07, 6.45) is 4.70. The van der Waals surface area contributed by atoms with Crippen molar-refractivity contribution >= 4 is 15.7 Å². The van der Waals surface area contributed by atoms with Gasteiger partial charge in [0, 0.05) is 24.1 Å². The standard InChI is InChI=1S/C14H17N3O2S/c15-8-13-7-14(9-16-13)20(18,19)17-12-5-4-10-2-1-3-11(10)6-12/h4-7,9,16-17H,1-3,8,15H2. The molecule has 1 aromatic heterocycles. The molecule has 0 radical (unpaired) electrons.